The van der Waals surface area contributed by atoms with E-state index in [0.29, 0.717) is 11.7 Å². The Kier molecular flexibility index (Phi) is 5.26. The van der Waals surface area contributed by atoms with Crippen molar-refractivity contribution in [3.63, 3.8) is 0 Å². The molecule has 8 heteroatoms. The van der Waals surface area contributed by atoms with Crippen molar-refractivity contribution in [2.24, 2.45) is 5.92 Å². The second-order valence-corrected chi connectivity index (χ2v) is 8.02. The molecule has 7 nitrogen and oxygen atoms in total. The summed E-state index contributed by atoms with van der Waals surface area (Å²) >= 11 is 1.62. The average Bonchev–Trinajstić information content (AvgIpc) is 3.47. The molecule has 0 saturated heterocycles. The first-order valence-corrected chi connectivity index (χ1v) is 10.1. The number of thiazole rings is 1. The van der Waals surface area contributed by atoms with Gasteiger partial charge in [-0.3, -0.25) is 4.79 Å². The fourth-order valence-corrected chi connectivity index (χ4v) is 3.52. The number of hydrogen-bond donors (Lipinski definition) is 1. The summed E-state index contributed by atoms with van der Waals surface area (Å²) < 4.78 is 10.6. The first-order valence-electron chi connectivity index (χ1n) is 9.22. The summed E-state index contributed by atoms with van der Waals surface area (Å²) in [5.41, 5.74) is 2.82. The maximum absolute atomic E-state index is 12.3. The molecule has 0 radical (unpaired) electrons. The Morgan fingerprint density at radius 1 is 1.10 bits per heavy atom. The van der Waals surface area contributed by atoms with Gasteiger partial charge in [-0.2, -0.15) is 4.98 Å². The Labute approximate surface area is 171 Å². The zero-order valence-electron chi connectivity index (χ0n) is 16.2. The minimum absolute atomic E-state index is 0.0532. The summed E-state index contributed by atoms with van der Waals surface area (Å²) in [4.78, 5) is 21.4. The highest BCUT2D eigenvalue weighted by molar-refractivity contribution is 7.09. The van der Waals surface area contributed by atoms with Gasteiger partial charge in [-0.05, 0) is 25.0 Å². The summed E-state index contributed by atoms with van der Waals surface area (Å²) in [7, 11) is 0. The fraction of sp³-hybridized carbons (Fsp3) is 0.238. The number of carbonyl (C=O) groups excluding carboxylic acids is 1. The molecule has 0 unspecified atom stereocenters. The predicted octanol–water partition coefficient (Wildman–Crippen LogP) is 4.89. The third-order valence-corrected chi connectivity index (χ3v) is 5.24. The number of nitrogens with zero attached hydrogens (tertiary/aromatic N) is 3. The Morgan fingerprint density at radius 2 is 1.86 bits per heavy atom. The van der Waals surface area contributed by atoms with Gasteiger partial charge in [0.1, 0.15) is 6.04 Å². The first kappa shape index (κ1) is 19.1. The zero-order chi connectivity index (χ0) is 20.4. The second kappa shape index (κ2) is 8.00. The van der Waals surface area contributed by atoms with Crippen LogP contribution in [0.1, 0.15) is 41.3 Å². The Bertz CT molecular complexity index is 1100. The number of furan rings is 1. The Balaban J connectivity index is 1.53. The van der Waals surface area contributed by atoms with Crippen LogP contribution >= 0.6 is 11.3 Å². The minimum atomic E-state index is -0.425. The number of nitrogens with one attached hydrogen (secondary N) is 1. The fourth-order valence-electron chi connectivity index (χ4n) is 2.90. The van der Waals surface area contributed by atoms with Crippen molar-refractivity contribution in [1.82, 2.24) is 20.4 Å². The van der Waals surface area contributed by atoms with Gasteiger partial charge in [-0.1, -0.05) is 43.3 Å². The largest absolute Gasteiger partial charge is 0.459 e. The molecule has 0 aliphatic heterocycles. The van der Waals surface area contributed by atoms with Crippen molar-refractivity contribution in [3.05, 3.63) is 64.7 Å². The molecule has 0 aliphatic carbocycles. The van der Waals surface area contributed by atoms with Gasteiger partial charge < -0.3 is 14.3 Å². The topological polar surface area (TPSA) is 94.1 Å². The molecule has 3 aromatic heterocycles. The van der Waals surface area contributed by atoms with E-state index in [-0.39, 0.29) is 17.6 Å². The van der Waals surface area contributed by atoms with Gasteiger partial charge in [-0.25, -0.2) is 4.98 Å². The molecule has 148 valence electrons. The maximum Gasteiger partial charge on any atom is 0.287 e. The van der Waals surface area contributed by atoms with Crippen LogP contribution in [0.5, 0.6) is 0 Å². The third kappa shape index (κ3) is 4.12. The Morgan fingerprint density at radius 3 is 2.48 bits per heavy atom. The van der Waals surface area contributed by atoms with Crippen molar-refractivity contribution in [2.75, 3.05) is 0 Å². The summed E-state index contributed by atoms with van der Waals surface area (Å²) in [6.45, 7) is 5.93. The van der Waals surface area contributed by atoms with E-state index in [1.807, 2.05) is 50.4 Å². The van der Waals surface area contributed by atoms with E-state index < -0.39 is 6.04 Å². The number of benzene rings is 1. The molecule has 3 heterocycles. The third-order valence-electron chi connectivity index (χ3n) is 4.46. The van der Waals surface area contributed by atoms with Crippen LogP contribution in [0, 0.1) is 12.8 Å². The van der Waals surface area contributed by atoms with E-state index in [0.717, 1.165) is 21.8 Å². The molecule has 4 aromatic rings. The lowest BCUT2D eigenvalue weighted by molar-refractivity contribution is 0.0885. The van der Waals surface area contributed by atoms with Gasteiger partial charge in [-0.15, -0.1) is 11.3 Å². The van der Waals surface area contributed by atoms with Crippen LogP contribution in [0.15, 0.2) is 57.0 Å². The molecule has 4 rings (SSSR count). The van der Waals surface area contributed by atoms with E-state index in [1.165, 1.54) is 6.26 Å². The van der Waals surface area contributed by atoms with Crippen molar-refractivity contribution < 1.29 is 13.7 Å². The normalized spacial score (nSPS) is 12.3. The molecule has 0 bridgehead atoms. The van der Waals surface area contributed by atoms with Crippen LogP contribution in [0.3, 0.4) is 0 Å². The highest BCUT2D eigenvalue weighted by Crippen LogP contribution is 2.27. The lowest BCUT2D eigenvalue weighted by atomic mass is 10.0. The van der Waals surface area contributed by atoms with E-state index >= 15 is 0 Å². The molecule has 29 heavy (non-hydrogen) atoms. The first-order chi connectivity index (χ1) is 14.0. The van der Waals surface area contributed by atoms with Gasteiger partial charge >= 0.3 is 0 Å². The summed E-state index contributed by atoms with van der Waals surface area (Å²) in [6, 6.07) is 10.7. The van der Waals surface area contributed by atoms with Crippen LogP contribution in [0.2, 0.25) is 0 Å². The van der Waals surface area contributed by atoms with Crippen LogP contribution in [0.4, 0.5) is 0 Å². The van der Waals surface area contributed by atoms with E-state index in [1.54, 1.807) is 23.5 Å². The number of rotatable bonds is 6. The molecular formula is C21H20N4O3S. The van der Waals surface area contributed by atoms with Gasteiger partial charge in [0.25, 0.3) is 5.91 Å². The van der Waals surface area contributed by atoms with E-state index in [4.69, 9.17) is 8.94 Å². The molecule has 0 fully saturated rings. The minimum Gasteiger partial charge on any atom is -0.459 e. The zero-order valence-corrected chi connectivity index (χ0v) is 17.1. The predicted molar refractivity (Wildman–Crippen MR) is 109 cm³/mol. The number of carbonyl (C=O) groups is 1. The van der Waals surface area contributed by atoms with Crippen molar-refractivity contribution in [1.29, 1.82) is 0 Å². The summed E-state index contributed by atoms with van der Waals surface area (Å²) in [6.07, 6.45) is 1.46. The molecule has 1 atom stereocenters. The molecule has 0 saturated carbocycles. The lowest BCUT2D eigenvalue weighted by Gasteiger charge is -2.17. The molecule has 1 amide bonds. The van der Waals surface area contributed by atoms with Crippen LogP contribution in [-0.2, 0) is 0 Å². The van der Waals surface area contributed by atoms with Gasteiger partial charge in [0.2, 0.25) is 11.7 Å². The lowest BCUT2D eigenvalue weighted by Crippen LogP contribution is -2.31. The molecule has 1 aromatic carbocycles. The van der Waals surface area contributed by atoms with E-state index in [2.05, 4.69) is 20.4 Å². The molecule has 1 N–H and O–H groups in total. The van der Waals surface area contributed by atoms with Crippen molar-refractivity contribution in [2.45, 2.75) is 26.8 Å². The summed E-state index contributed by atoms with van der Waals surface area (Å²) in [5.74, 6) is 0.796. The SMILES string of the molecule is Cc1nc(-c2ccc(-c3noc([C@@H](NC(=O)c4ccco4)C(C)C)n3)cc2)cs1. The average molecular weight is 408 g/mol. The summed E-state index contributed by atoms with van der Waals surface area (Å²) in [5, 5.41) is 10.1. The molecule has 0 aliphatic rings. The number of amides is 1. The standard InChI is InChI=1S/C21H20N4O3S/c1-12(2)18(23-20(26)17-5-4-10-27-17)21-24-19(25-28-21)15-8-6-14(7-9-15)16-11-29-13(3)22-16/h4-12,18H,1-3H3,(H,23,26)/t18-/m0/s1. The maximum atomic E-state index is 12.3. The molecule has 0 spiro atoms. The monoisotopic (exact) mass is 408 g/mol. The number of aryl methyl sites for hydroxylation is 1. The van der Waals surface area contributed by atoms with Crippen LogP contribution in [0.25, 0.3) is 22.6 Å². The highest BCUT2D eigenvalue weighted by atomic mass is 32.1. The number of hydrogen-bond acceptors (Lipinski definition) is 7. The molecular weight excluding hydrogens is 388 g/mol. The van der Waals surface area contributed by atoms with Crippen LogP contribution < -0.4 is 5.32 Å². The van der Waals surface area contributed by atoms with Crippen molar-refractivity contribution in [3.8, 4) is 22.6 Å². The van der Waals surface area contributed by atoms with Crippen LogP contribution in [-0.4, -0.2) is 21.0 Å². The van der Waals surface area contributed by atoms with Gasteiger partial charge in [0.15, 0.2) is 5.76 Å². The van der Waals surface area contributed by atoms with Crippen molar-refractivity contribution >= 4 is 17.2 Å². The quantitative estimate of drug-likeness (QED) is 0.488. The van der Waals surface area contributed by atoms with E-state index in [9.17, 15) is 4.79 Å². The highest BCUT2D eigenvalue weighted by Gasteiger charge is 2.26. The second-order valence-electron chi connectivity index (χ2n) is 6.96. The Hall–Kier alpha value is -3.26. The smallest absolute Gasteiger partial charge is 0.287 e. The van der Waals surface area contributed by atoms with Gasteiger partial charge in [0.05, 0.1) is 17.0 Å². The van der Waals surface area contributed by atoms with Gasteiger partial charge in [0, 0.05) is 16.5 Å². The number of aromatic nitrogens is 3.